The molecule has 5 nitrogen and oxygen atoms in total. The van der Waals surface area contributed by atoms with Crippen LogP contribution < -0.4 is 4.74 Å². The third-order valence-corrected chi connectivity index (χ3v) is 3.59. The molecular weight excluding hydrogens is 250 g/mol. The zero-order valence-electron chi connectivity index (χ0n) is 10.4. The van der Waals surface area contributed by atoms with Crippen LogP contribution in [0.3, 0.4) is 0 Å². The summed E-state index contributed by atoms with van der Waals surface area (Å²) in [6.45, 7) is 3.93. The molecule has 2 aromatic heterocycles. The number of Topliss-reactive ketones (excluding diaryl/α,β-unsaturated/α-hetero) is 1. The van der Waals surface area contributed by atoms with Gasteiger partial charge in [-0.25, -0.2) is 15.0 Å². The van der Waals surface area contributed by atoms with Crippen molar-refractivity contribution in [2.75, 3.05) is 7.11 Å². The van der Waals surface area contributed by atoms with Crippen LogP contribution in [0.4, 0.5) is 0 Å². The first kappa shape index (κ1) is 12.6. The molecule has 6 heteroatoms. The minimum Gasteiger partial charge on any atom is -0.481 e. The molecule has 0 aromatic carbocycles. The second-order valence-corrected chi connectivity index (χ2v) is 5.08. The van der Waals surface area contributed by atoms with Gasteiger partial charge in [-0.2, -0.15) is 0 Å². The van der Waals surface area contributed by atoms with Crippen LogP contribution in [0.2, 0.25) is 0 Å². The summed E-state index contributed by atoms with van der Waals surface area (Å²) in [5.74, 6) is 0.310. The second kappa shape index (κ2) is 5.22. The third-order valence-electron chi connectivity index (χ3n) is 2.52. The summed E-state index contributed by atoms with van der Waals surface area (Å²) in [6, 6.07) is 1.54. The van der Waals surface area contributed by atoms with Gasteiger partial charge in [0, 0.05) is 10.9 Å². The summed E-state index contributed by atoms with van der Waals surface area (Å²) in [7, 11) is 1.50. The minimum absolute atomic E-state index is 0.0792. The molecule has 0 saturated carbocycles. The van der Waals surface area contributed by atoms with Crippen LogP contribution >= 0.6 is 11.3 Å². The summed E-state index contributed by atoms with van der Waals surface area (Å²) >= 11 is 1.54. The van der Waals surface area contributed by atoms with Gasteiger partial charge in [0.1, 0.15) is 17.0 Å². The molecule has 0 N–H and O–H groups in total. The Hall–Kier alpha value is -1.82. The van der Waals surface area contributed by atoms with E-state index in [0.29, 0.717) is 11.6 Å². The molecule has 0 spiro atoms. The van der Waals surface area contributed by atoms with Crippen LogP contribution in [0.15, 0.2) is 12.4 Å². The maximum atomic E-state index is 12.0. The molecule has 18 heavy (non-hydrogen) atoms. The Morgan fingerprint density at radius 1 is 1.39 bits per heavy atom. The molecule has 0 amide bonds. The molecular formula is C12H13N3O2S. The van der Waals surface area contributed by atoms with Crippen molar-refractivity contribution in [3.8, 4) is 5.88 Å². The predicted molar refractivity (Wildman–Crippen MR) is 68.2 cm³/mol. The number of ether oxygens (including phenoxy) is 1. The van der Waals surface area contributed by atoms with E-state index in [0.717, 1.165) is 15.6 Å². The van der Waals surface area contributed by atoms with Crippen LogP contribution in [0, 0.1) is 13.8 Å². The molecule has 0 radical (unpaired) electrons. The number of ketones is 1. The number of rotatable bonds is 4. The Morgan fingerprint density at radius 2 is 2.17 bits per heavy atom. The fourth-order valence-corrected chi connectivity index (χ4v) is 2.38. The molecule has 2 heterocycles. The molecule has 2 rings (SSSR count). The highest BCUT2D eigenvalue weighted by Gasteiger charge is 2.13. The van der Waals surface area contributed by atoms with Crippen molar-refractivity contribution in [1.29, 1.82) is 0 Å². The van der Waals surface area contributed by atoms with E-state index >= 15 is 0 Å². The van der Waals surface area contributed by atoms with Gasteiger partial charge in [0.05, 0.1) is 19.2 Å². The molecule has 0 atom stereocenters. The average Bonchev–Trinajstić information content (AvgIpc) is 2.68. The third kappa shape index (κ3) is 2.70. The van der Waals surface area contributed by atoms with E-state index in [1.807, 2.05) is 13.8 Å². The number of thiazole rings is 1. The lowest BCUT2D eigenvalue weighted by atomic mass is 10.2. The molecule has 0 fully saturated rings. The van der Waals surface area contributed by atoms with Gasteiger partial charge in [0.2, 0.25) is 5.88 Å². The first-order chi connectivity index (χ1) is 8.60. The van der Waals surface area contributed by atoms with Gasteiger partial charge in [0.15, 0.2) is 5.78 Å². The lowest BCUT2D eigenvalue weighted by molar-refractivity contribution is 0.0987. The van der Waals surface area contributed by atoms with Crippen LogP contribution in [0.1, 0.15) is 26.1 Å². The Kier molecular flexibility index (Phi) is 3.66. The molecule has 0 bridgehead atoms. The normalized spacial score (nSPS) is 10.4. The summed E-state index contributed by atoms with van der Waals surface area (Å²) in [6.07, 6.45) is 1.59. The van der Waals surface area contributed by atoms with Gasteiger partial charge in [-0.1, -0.05) is 0 Å². The number of nitrogens with zero attached hydrogens (tertiary/aromatic N) is 3. The Labute approximate surface area is 109 Å². The molecule has 2 aromatic rings. The van der Waals surface area contributed by atoms with Crippen molar-refractivity contribution in [1.82, 2.24) is 15.0 Å². The van der Waals surface area contributed by atoms with Crippen molar-refractivity contribution in [2.45, 2.75) is 20.3 Å². The van der Waals surface area contributed by atoms with E-state index in [-0.39, 0.29) is 12.2 Å². The van der Waals surface area contributed by atoms with Gasteiger partial charge in [-0.15, -0.1) is 11.3 Å². The fraction of sp³-hybridized carbons (Fsp3) is 0.333. The van der Waals surface area contributed by atoms with E-state index in [1.165, 1.54) is 19.5 Å². The Morgan fingerprint density at radius 3 is 2.78 bits per heavy atom. The van der Waals surface area contributed by atoms with Crippen molar-refractivity contribution in [3.63, 3.8) is 0 Å². The zero-order valence-corrected chi connectivity index (χ0v) is 11.2. The highest BCUT2D eigenvalue weighted by Crippen LogP contribution is 2.18. The SMILES string of the molecule is COc1cc(C(=O)Cc2nc(C)c(C)s2)ncn1. The number of aromatic nitrogens is 3. The van der Waals surface area contributed by atoms with E-state index in [9.17, 15) is 4.79 Å². The lowest BCUT2D eigenvalue weighted by Gasteiger charge is -2.00. The van der Waals surface area contributed by atoms with Crippen molar-refractivity contribution >= 4 is 17.1 Å². The number of carbonyl (C=O) groups is 1. The van der Waals surface area contributed by atoms with Crippen LogP contribution in [-0.4, -0.2) is 27.8 Å². The fourth-order valence-electron chi connectivity index (χ4n) is 1.45. The van der Waals surface area contributed by atoms with Gasteiger partial charge < -0.3 is 4.74 Å². The monoisotopic (exact) mass is 263 g/mol. The van der Waals surface area contributed by atoms with Crippen molar-refractivity contribution in [3.05, 3.63) is 33.7 Å². The molecule has 94 valence electrons. The number of aryl methyl sites for hydroxylation is 2. The van der Waals surface area contributed by atoms with Gasteiger partial charge in [-0.3, -0.25) is 4.79 Å². The Balaban J connectivity index is 2.16. The highest BCUT2D eigenvalue weighted by atomic mass is 32.1. The summed E-state index contributed by atoms with van der Waals surface area (Å²) in [4.78, 5) is 25.3. The number of hydrogen-bond acceptors (Lipinski definition) is 6. The van der Waals surface area contributed by atoms with Gasteiger partial charge >= 0.3 is 0 Å². The Bertz CT molecular complexity index is 561. The minimum atomic E-state index is -0.0792. The molecule has 0 unspecified atom stereocenters. The average molecular weight is 263 g/mol. The topological polar surface area (TPSA) is 65.0 Å². The quantitative estimate of drug-likeness (QED) is 0.789. The van der Waals surface area contributed by atoms with E-state index in [1.54, 1.807) is 11.3 Å². The molecule has 0 aliphatic rings. The largest absolute Gasteiger partial charge is 0.481 e. The highest BCUT2D eigenvalue weighted by molar-refractivity contribution is 7.11. The molecule has 0 aliphatic heterocycles. The summed E-state index contributed by atoms with van der Waals surface area (Å²) < 4.78 is 4.96. The number of carbonyl (C=O) groups excluding carboxylic acids is 1. The smallest absolute Gasteiger partial charge is 0.216 e. The standard InChI is InChI=1S/C12H13N3O2S/c1-7-8(2)18-12(15-7)5-10(16)9-4-11(17-3)14-6-13-9/h4,6H,5H2,1-3H3. The number of hydrogen-bond donors (Lipinski definition) is 0. The maximum Gasteiger partial charge on any atom is 0.216 e. The summed E-state index contributed by atoms with van der Waals surface area (Å²) in [5.41, 5.74) is 1.33. The lowest BCUT2D eigenvalue weighted by Crippen LogP contribution is -2.06. The van der Waals surface area contributed by atoms with Crippen molar-refractivity contribution in [2.24, 2.45) is 0 Å². The van der Waals surface area contributed by atoms with E-state index in [2.05, 4.69) is 15.0 Å². The summed E-state index contributed by atoms with van der Waals surface area (Å²) in [5, 5.41) is 0.813. The maximum absolute atomic E-state index is 12.0. The first-order valence-electron chi connectivity index (χ1n) is 5.42. The van der Waals surface area contributed by atoms with E-state index in [4.69, 9.17) is 4.74 Å². The zero-order chi connectivity index (χ0) is 13.1. The van der Waals surface area contributed by atoms with Gasteiger partial charge in [-0.05, 0) is 13.8 Å². The molecule has 0 saturated heterocycles. The number of methoxy groups -OCH3 is 1. The van der Waals surface area contributed by atoms with E-state index < -0.39 is 0 Å². The van der Waals surface area contributed by atoms with Crippen molar-refractivity contribution < 1.29 is 9.53 Å². The van der Waals surface area contributed by atoms with Crippen LogP contribution in [0.5, 0.6) is 5.88 Å². The van der Waals surface area contributed by atoms with Crippen LogP contribution in [0.25, 0.3) is 0 Å². The van der Waals surface area contributed by atoms with Crippen LogP contribution in [-0.2, 0) is 6.42 Å². The first-order valence-corrected chi connectivity index (χ1v) is 6.24. The van der Waals surface area contributed by atoms with Gasteiger partial charge in [0.25, 0.3) is 0 Å². The second-order valence-electron chi connectivity index (χ2n) is 3.79. The predicted octanol–water partition coefficient (Wildman–Crippen LogP) is 1.98. The molecule has 0 aliphatic carbocycles.